The van der Waals surface area contributed by atoms with E-state index in [0.717, 1.165) is 0 Å². The molecule has 0 radical (unpaired) electrons. The van der Waals surface area contributed by atoms with E-state index < -0.39 is 41.8 Å². The smallest absolute Gasteiger partial charge is 0.411 e. The van der Waals surface area contributed by atoms with Crippen molar-refractivity contribution in [2.45, 2.75) is 83.6 Å². The number of allylic oxidation sites excluding steroid dienone is 1. The summed E-state index contributed by atoms with van der Waals surface area (Å²) in [5.74, 6) is -0.953. The van der Waals surface area contributed by atoms with Crippen LogP contribution in [0.4, 0.5) is 4.79 Å². The molecule has 7 heteroatoms. The Morgan fingerprint density at radius 1 is 1.46 bits per heavy atom. The highest BCUT2D eigenvalue weighted by Crippen LogP contribution is 2.37. The first-order valence-corrected chi connectivity index (χ1v) is 9.02. The largest absolute Gasteiger partial charge is 0.444 e. The van der Waals surface area contributed by atoms with E-state index in [1.807, 2.05) is 19.1 Å². The summed E-state index contributed by atoms with van der Waals surface area (Å²) in [6.07, 6.45) is 2.06. The predicted molar refractivity (Wildman–Crippen MR) is 95.1 cm³/mol. The maximum absolute atomic E-state index is 12.8. The van der Waals surface area contributed by atoms with Crippen molar-refractivity contribution in [2.24, 2.45) is 5.92 Å². The fourth-order valence-electron chi connectivity index (χ4n) is 3.56. The minimum Gasteiger partial charge on any atom is -0.444 e. The standard InChI is InChI=1S/C19H30N2O5/c1-7-8-12-9-13(10-20)21(17(23)26-18(2,3)4)15(12)16(22)14-11-24-19(5,6)25-14/h7-8,12-16,22H,9,11H2,1-6H3/t12-,13-,14?,15-,16-/m1/s1. The van der Waals surface area contributed by atoms with Crippen molar-refractivity contribution in [3.05, 3.63) is 12.2 Å². The van der Waals surface area contributed by atoms with Crippen LogP contribution in [0.2, 0.25) is 0 Å². The fraction of sp³-hybridized carbons (Fsp3) is 0.789. The van der Waals surface area contributed by atoms with Crippen molar-refractivity contribution in [3.63, 3.8) is 0 Å². The summed E-state index contributed by atoms with van der Waals surface area (Å²) in [5, 5.41) is 20.6. The molecule has 0 bridgehead atoms. The molecule has 1 unspecified atom stereocenters. The van der Waals surface area contributed by atoms with Gasteiger partial charge in [0.1, 0.15) is 23.9 Å². The molecule has 5 atom stereocenters. The Hall–Kier alpha value is -1.62. The van der Waals surface area contributed by atoms with Crippen LogP contribution in [0.1, 0.15) is 48.0 Å². The second-order valence-corrected chi connectivity index (χ2v) is 8.31. The lowest BCUT2D eigenvalue weighted by atomic mass is 9.92. The Labute approximate surface area is 155 Å². The number of nitrogens with zero attached hydrogens (tertiary/aromatic N) is 2. The Balaban J connectivity index is 2.31. The Bertz CT molecular complexity index is 590. The van der Waals surface area contributed by atoms with Gasteiger partial charge in [-0.15, -0.1) is 0 Å². The zero-order chi connectivity index (χ0) is 19.7. The van der Waals surface area contributed by atoms with E-state index in [9.17, 15) is 15.2 Å². The van der Waals surface area contributed by atoms with Gasteiger partial charge < -0.3 is 19.3 Å². The molecule has 0 saturated carbocycles. The zero-order valence-corrected chi connectivity index (χ0v) is 16.4. The Kier molecular flexibility index (Phi) is 6.01. The fourth-order valence-corrected chi connectivity index (χ4v) is 3.56. The number of hydrogen-bond acceptors (Lipinski definition) is 6. The van der Waals surface area contributed by atoms with Gasteiger partial charge in [0, 0.05) is 5.92 Å². The van der Waals surface area contributed by atoms with Gasteiger partial charge in [0.25, 0.3) is 0 Å². The number of nitriles is 1. The first-order chi connectivity index (χ1) is 12.0. The minimum atomic E-state index is -0.996. The number of carbonyl (C=O) groups is 1. The summed E-state index contributed by atoms with van der Waals surface area (Å²) in [6.45, 7) is 11.0. The van der Waals surface area contributed by atoms with Gasteiger partial charge in [0.2, 0.25) is 0 Å². The summed E-state index contributed by atoms with van der Waals surface area (Å²) in [6, 6.07) is 0.886. The number of rotatable bonds is 3. The molecule has 0 spiro atoms. The summed E-state index contributed by atoms with van der Waals surface area (Å²) < 4.78 is 16.8. The van der Waals surface area contributed by atoms with E-state index in [-0.39, 0.29) is 12.5 Å². The van der Waals surface area contributed by atoms with Gasteiger partial charge >= 0.3 is 6.09 Å². The molecular weight excluding hydrogens is 336 g/mol. The average molecular weight is 366 g/mol. The van der Waals surface area contributed by atoms with Crippen molar-refractivity contribution < 1.29 is 24.1 Å². The van der Waals surface area contributed by atoms with E-state index in [2.05, 4.69) is 6.07 Å². The molecule has 2 saturated heterocycles. The SMILES string of the molecule is CC=C[C@@H]1C[C@H](C#N)N(C(=O)OC(C)(C)C)[C@H]1[C@H](O)C1COC(C)(C)O1. The first kappa shape index (κ1) is 20.7. The molecule has 1 amide bonds. The number of likely N-dealkylation sites (tertiary alicyclic amines) is 1. The molecule has 146 valence electrons. The van der Waals surface area contributed by atoms with Gasteiger partial charge in [-0.1, -0.05) is 12.2 Å². The number of aliphatic hydroxyl groups excluding tert-OH is 1. The van der Waals surface area contributed by atoms with Gasteiger partial charge in [0.05, 0.1) is 18.7 Å². The van der Waals surface area contributed by atoms with Crippen LogP contribution in [0.3, 0.4) is 0 Å². The first-order valence-electron chi connectivity index (χ1n) is 9.02. The molecule has 2 aliphatic rings. The van der Waals surface area contributed by atoms with Gasteiger partial charge in [-0.25, -0.2) is 4.79 Å². The third kappa shape index (κ3) is 4.56. The lowest BCUT2D eigenvalue weighted by Gasteiger charge is -2.35. The maximum atomic E-state index is 12.8. The highest BCUT2D eigenvalue weighted by atomic mass is 16.7. The van der Waals surface area contributed by atoms with E-state index >= 15 is 0 Å². The Morgan fingerprint density at radius 3 is 2.58 bits per heavy atom. The number of ether oxygens (including phenoxy) is 3. The van der Waals surface area contributed by atoms with Crippen molar-refractivity contribution in [1.29, 1.82) is 5.26 Å². The molecule has 7 nitrogen and oxygen atoms in total. The van der Waals surface area contributed by atoms with Gasteiger partial charge in [0.15, 0.2) is 5.79 Å². The van der Waals surface area contributed by atoms with Gasteiger partial charge in [-0.2, -0.15) is 5.26 Å². The van der Waals surface area contributed by atoms with Crippen LogP contribution in [-0.4, -0.2) is 58.4 Å². The number of amides is 1. The van der Waals surface area contributed by atoms with Crippen molar-refractivity contribution in [1.82, 2.24) is 4.90 Å². The number of carbonyl (C=O) groups excluding carboxylic acids is 1. The van der Waals surface area contributed by atoms with Crippen molar-refractivity contribution >= 4 is 6.09 Å². The predicted octanol–water partition coefficient (Wildman–Crippen LogP) is 2.59. The van der Waals surface area contributed by atoms with Crippen LogP contribution in [0.5, 0.6) is 0 Å². The van der Waals surface area contributed by atoms with Crippen molar-refractivity contribution in [3.8, 4) is 6.07 Å². The molecule has 0 aromatic carbocycles. The quantitative estimate of drug-likeness (QED) is 0.772. The highest BCUT2D eigenvalue weighted by Gasteiger charge is 2.51. The topological polar surface area (TPSA) is 92.0 Å². The van der Waals surface area contributed by atoms with E-state index in [0.29, 0.717) is 6.42 Å². The zero-order valence-electron chi connectivity index (χ0n) is 16.4. The normalized spacial score (nSPS) is 32.6. The monoisotopic (exact) mass is 366 g/mol. The van der Waals surface area contributed by atoms with Gasteiger partial charge in [-0.05, 0) is 48.0 Å². The lowest BCUT2D eigenvalue weighted by molar-refractivity contribution is -0.156. The van der Waals surface area contributed by atoms with E-state index in [1.54, 1.807) is 34.6 Å². The minimum absolute atomic E-state index is 0.167. The van der Waals surface area contributed by atoms with Crippen LogP contribution < -0.4 is 0 Å². The summed E-state index contributed by atoms with van der Waals surface area (Å²) in [5.41, 5.74) is -0.694. The molecule has 0 aromatic heterocycles. The summed E-state index contributed by atoms with van der Waals surface area (Å²) >= 11 is 0. The third-order valence-electron chi connectivity index (χ3n) is 4.55. The highest BCUT2D eigenvalue weighted by molar-refractivity contribution is 5.70. The second kappa shape index (κ2) is 7.55. The molecular formula is C19H30N2O5. The average Bonchev–Trinajstić information content (AvgIpc) is 3.05. The van der Waals surface area contributed by atoms with Crippen LogP contribution in [0.15, 0.2) is 12.2 Å². The van der Waals surface area contributed by atoms with Crippen LogP contribution in [-0.2, 0) is 14.2 Å². The Morgan fingerprint density at radius 2 is 2.12 bits per heavy atom. The van der Waals surface area contributed by atoms with Crippen LogP contribution in [0.25, 0.3) is 0 Å². The molecule has 2 aliphatic heterocycles. The maximum Gasteiger partial charge on any atom is 0.411 e. The van der Waals surface area contributed by atoms with Crippen LogP contribution in [0, 0.1) is 17.2 Å². The molecule has 26 heavy (non-hydrogen) atoms. The van der Waals surface area contributed by atoms with Crippen LogP contribution >= 0.6 is 0 Å². The second-order valence-electron chi connectivity index (χ2n) is 8.31. The van der Waals surface area contributed by atoms with E-state index in [4.69, 9.17) is 14.2 Å². The third-order valence-corrected chi connectivity index (χ3v) is 4.55. The van der Waals surface area contributed by atoms with E-state index in [1.165, 1.54) is 4.90 Å². The molecule has 2 heterocycles. The molecule has 0 aromatic rings. The molecule has 0 aliphatic carbocycles. The number of hydrogen-bond donors (Lipinski definition) is 1. The molecule has 2 fully saturated rings. The van der Waals surface area contributed by atoms with Gasteiger partial charge in [-0.3, -0.25) is 4.90 Å². The molecule has 2 rings (SSSR count). The number of aliphatic hydroxyl groups is 1. The molecule has 1 N–H and O–H groups in total. The summed E-state index contributed by atoms with van der Waals surface area (Å²) in [7, 11) is 0. The lowest BCUT2D eigenvalue weighted by Crippen LogP contribution is -2.53. The summed E-state index contributed by atoms with van der Waals surface area (Å²) in [4.78, 5) is 14.2. The van der Waals surface area contributed by atoms with Crippen molar-refractivity contribution in [2.75, 3.05) is 6.61 Å².